The van der Waals surface area contributed by atoms with Crippen molar-refractivity contribution in [3.63, 3.8) is 0 Å². The zero-order valence-electron chi connectivity index (χ0n) is 18.3. The van der Waals surface area contributed by atoms with Crippen LogP contribution in [0.5, 0.6) is 0 Å². The van der Waals surface area contributed by atoms with E-state index >= 15 is 0 Å². The van der Waals surface area contributed by atoms with Gasteiger partial charge < -0.3 is 29.7 Å². The van der Waals surface area contributed by atoms with Crippen molar-refractivity contribution in [2.75, 3.05) is 44.7 Å². The lowest BCUT2D eigenvalue weighted by Gasteiger charge is -2.37. The number of carboxylic acids is 1. The molecule has 0 atom stereocenters. The van der Waals surface area contributed by atoms with E-state index in [1.54, 1.807) is 11.0 Å². The number of benzene rings is 1. The number of ether oxygens (including phenoxy) is 2. The van der Waals surface area contributed by atoms with Gasteiger partial charge in [0.25, 0.3) is 0 Å². The fourth-order valence-electron chi connectivity index (χ4n) is 3.22. The SMILES string of the molecule is COC(=O)c1cc(N2CCN(C(=O)OC(C)(C)C)CC2)cc(CNCC(=O)O)c1C. The molecule has 30 heavy (non-hydrogen) atoms. The number of amides is 1. The van der Waals surface area contributed by atoms with Crippen molar-refractivity contribution in [3.8, 4) is 0 Å². The Morgan fingerprint density at radius 1 is 1.13 bits per heavy atom. The largest absolute Gasteiger partial charge is 0.480 e. The minimum Gasteiger partial charge on any atom is -0.480 e. The molecule has 2 rings (SSSR count). The Labute approximate surface area is 176 Å². The minimum absolute atomic E-state index is 0.175. The topological polar surface area (TPSA) is 108 Å². The molecular formula is C21H31N3O6. The number of carbonyl (C=O) groups is 3. The van der Waals surface area contributed by atoms with Gasteiger partial charge in [-0.3, -0.25) is 4.79 Å². The molecule has 1 amide bonds. The molecule has 9 nitrogen and oxygen atoms in total. The molecule has 0 radical (unpaired) electrons. The minimum atomic E-state index is -0.949. The number of anilines is 1. The summed E-state index contributed by atoms with van der Waals surface area (Å²) >= 11 is 0. The number of nitrogens with zero attached hydrogens (tertiary/aromatic N) is 2. The van der Waals surface area contributed by atoms with E-state index < -0.39 is 17.5 Å². The molecule has 1 aromatic rings. The zero-order valence-corrected chi connectivity index (χ0v) is 18.3. The number of rotatable bonds is 6. The normalized spacial score (nSPS) is 14.4. The molecule has 166 valence electrons. The lowest BCUT2D eigenvalue weighted by atomic mass is 10.00. The second kappa shape index (κ2) is 9.80. The summed E-state index contributed by atoms with van der Waals surface area (Å²) in [6.07, 6.45) is -0.333. The predicted octanol–water partition coefficient (Wildman–Crippen LogP) is 2.01. The first-order valence-electron chi connectivity index (χ1n) is 9.89. The summed E-state index contributed by atoms with van der Waals surface area (Å²) in [6, 6.07) is 3.73. The van der Waals surface area contributed by atoms with Gasteiger partial charge in [0.2, 0.25) is 0 Å². The van der Waals surface area contributed by atoms with Crippen LogP contribution in [0.15, 0.2) is 12.1 Å². The highest BCUT2D eigenvalue weighted by molar-refractivity contribution is 5.92. The summed E-state index contributed by atoms with van der Waals surface area (Å²) in [7, 11) is 1.33. The third-order valence-electron chi connectivity index (χ3n) is 4.79. The number of piperazine rings is 1. The van der Waals surface area contributed by atoms with Gasteiger partial charge in [0, 0.05) is 38.4 Å². The number of aliphatic carboxylic acids is 1. The average Bonchev–Trinajstić information content (AvgIpc) is 2.67. The second-order valence-corrected chi connectivity index (χ2v) is 8.22. The van der Waals surface area contributed by atoms with E-state index in [2.05, 4.69) is 10.2 Å². The molecule has 0 bridgehead atoms. The fourth-order valence-corrected chi connectivity index (χ4v) is 3.22. The fraction of sp³-hybridized carbons (Fsp3) is 0.571. The predicted molar refractivity (Wildman–Crippen MR) is 112 cm³/mol. The van der Waals surface area contributed by atoms with Crippen molar-refractivity contribution >= 4 is 23.7 Å². The van der Waals surface area contributed by atoms with Gasteiger partial charge in [0.1, 0.15) is 5.60 Å². The molecule has 0 aromatic heterocycles. The molecule has 1 aromatic carbocycles. The number of carbonyl (C=O) groups excluding carboxylic acids is 2. The molecule has 2 N–H and O–H groups in total. The molecule has 9 heteroatoms. The molecule has 1 aliphatic heterocycles. The van der Waals surface area contributed by atoms with Crippen LogP contribution in [-0.4, -0.2) is 73.5 Å². The standard InChI is InChI=1S/C21H31N3O6/c1-14-15(12-22-13-18(25)26)10-16(11-17(14)19(27)29-5)23-6-8-24(9-7-23)20(28)30-21(2,3)4/h10-11,22H,6-9,12-13H2,1-5H3,(H,25,26). The molecular weight excluding hydrogens is 390 g/mol. The van der Waals surface area contributed by atoms with Gasteiger partial charge in [-0.1, -0.05) is 0 Å². The Bertz CT molecular complexity index is 795. The Kier molecular flexibility index (Phi) is 7.66. The average molecular weight is 421 g/mol. The van der Waals surface area contributed by atoms with Crippen molar-refractivity contribution in [2.45, 2.75) is 39.8 Å². The maximum Gasteiger partial charge on any atom is 0.410 e. The van der Waals surface area contributed by atoms with Crippen molar-refractivity contribution in [1.82, 2.24) is 10.2 Å². The molecule has 0 saturated carbocycles. The highest BCUT2D eigenvalue weighted by atomic mass is 16.6. The number of hydrogen-bond acceptors (Lipinski definition) is 7. The van der Waals surface area contributed by atoms with Crippen LogP contribution in [0.4, 0.5) is 10.5 Å². The van der Waals surface area contributed by atoms with E-state index in [0.717, 1.165) is 16.8 Å². The van der Waals surface area contributed by atoms with Crippen LogP contribution < -0.4 is 10.2 Å². The molecule has 0 aliphatic carbocycles. The number of hydrogen-bond donors (Lipinski definition) is 2. The molecule has 0 unspecified atom stereocenters. The monoisotopic (exact) mass is 421 g/mol. The van der Waals surface area contributed by atoms with E-state index in [1.807, 2.05) is 33.8 Å². The van der Waals surface area contributed by atoms with E-state index in [1.165, 1.54) is 7.11 Å². The Hall–Kier alpha value is -2.81. The van der Waals surface area contributed by atoms with Crippen LogP contribution >= 0.6 is 0 Å². The number of methoxy groups -OCH3 is 1. The van der Waals surface area contributed by atoms with Crippen LogP contribution in [0, 0.1) is 6.92 Å². The van der Waals surface area contributed by atoms with Crippen LogP contribution in [0.2, 0.25) is 0 Å². The summed E-state index contributed by atoms with van der Waals surface area (Å²) in [5, 5.41) is 11.7. The Morgan fingerprint density at radius 2 is 1.77 bits per heavy atom. The Balaban J connectivity index is 2.17. The summed E-state index contributed by atoms with van der Waals surface area (Å²) < 4.78 is 10.3. The molecule has 1 fully saturated rings. The van der Waals surface area contributed by atoms with E-state index in [0.29, 0.717) is 38.3 Å². The maximum atomic E-state index is 12.3. The highest BCUT2D eigenvalue weighted by Crippen LogP contribution is 2.26. The summed E-state index contributed by atoms with van der Waals surface area (Å²) in [6.45, 7) is 9.64. The third kappa shape index (κ3) is 6.35. The summed E-state index contributed by atoms with van der Waals surface area (Å²) in [5.41, 5.74) is 2.30. The quantitative estimate of drug-likeness (QED) is 0.672. The third-order valence-corrected chi connectivity index (χ3v) is 4.79. The van der Waals surface area contributed by atoms with Gasteiger partial charge in [-0.15, -0.1) is 0 Å². The molecule has 1 aliphatic rings. The van der Waals surface area contributed by atoms with Crippen LogP contribution in [0.1, 0.15) is 42.3 Å². The van der Waals surface area contributed by atoms with E-state index in [-0.39, 0.29) is 12.6 Å². The molecule has 0 spiro atoms. The Morgan fingerprint density at radius 3 is 2.30 bits per heavy atom. The lowest BCUT2D eigenvalue weighted by molar-refractivity contribution is -0.136. The zero-order chi connectivity index (χ0) is 22.5. The second-order valence-electron chi connectivity index (χ2n) is 8.22. The van der Waals surface area contributed by atoms with Gasteiger partial charge in [-0.05, 0) is 51.0 Å². The summed E-state index contributed by atoms with van der Waals surface area (Å²) in [5.74, 6) is -1.39. The van der Waals surface area contributed by atoms with Gasteiger partial charge in [-0.25, -0.2) is 9.59 Å². The van der Waals surface area contributed by atoms with Crippen LogP contribution in [-0.2, 0) is 20.8 Å². The first-order chi connectivity index (χ1) is 14.0. The van der Waals surface area contributed by atoms with E-state index in [4.69, 9.17) is 14.6 Å². The van der Waals surface area contributed by atoms with Crippen molar-refractivity contribution in [2.24, 2.45) is 0 Å². The van der Waals surface area contributed by atoms with Crippen molar-refractivity contribution < 1.29 is 29.0 Å². The van der Waals surface area contributed by atoms with Crippen molar-refractivity contribution in [1.29, 1.82) is 0 Å². The van der Waals surface area contributed by atoms with Gasteiger partial charge >= 0.3 is 18.0 Å². The van der Waals surface area contributed by atoms with Crippen molar-refractivity contribution in [3.05, 3.63) is 28.8 Å². The first-order valence-corrected chi connectivity index (χ1v) is 9.89. The number of nitrogens with one attached hydrogen (secondary N) is 1. The van der Waals surface area contributed by atoms with E-state index in [9.17, 15) is 14.4 Å². The lowest BCUT2D eigenvalue weighted by Crippen LogP contribution is -2.50. The van der Waals surface area contributed by atoms with Gasteiger partial charge in [0.05, 0.1) is 19.2 Å². The summed E-state index contributed by atoms with van der Waals surface area (Å²) in [4.78, 5) is 39.1. The highest BCUT2D eigenvalue weighted by Gasteiger charge is 2.27. The first kappa shape index (κ1) is 23.5. The van der Waals surface area contributed by atoms with Gasteiger partial charge in [0.15, 0.2) is 0 Å². The van der Waals surface area contributed by atoms with Crippen LogP contribution in [0.3, 0.4) is 0 Å². The number of carboxylic acid groups (broad SMARTS) is 1. The smallest absolute Gasteiger partial charge is 0.410 e. The maximum absolute atomic E-state index is 12.3. The number of esters is 1. The molecule has 1 heterocycles. The van der Waals surface area contributed by atoms with Gasteiger partial charge in [-0.2, -0.15) is 0 Å². The van der Waals surface area contributed by atoms with Crippen LogP contribution in [0.25, 0.3) is 0 Å². The molecule has 1 saturated heterocycles.